The van der Waals surface area contributed by atoms with Crippen LogP contribution in [0.2, 0.25) is 0 Å². The Morgan fingerprint density at radius 3 is 2.74 bits per heavy atom. The zero-order chi connectivity index (χ0) is 14.3. The highest BCUT2D eigenvalue weighted by molar-refractivity contribution is 5.62. The van der Waals surface area contributed by atoms with Crippen LogP contribution in [0, 0.1) is 11.3 Å². The average Bonchev–Trinajstić information content (AvgIpc) is 2.39. The van der Waals surface area contributed by atoms with Crippen LogP contribution < -0.4 is 15.4 Å². The number of hydrogen-bond acceptors (Lipinski definition) is 4. The predicted octanol–water partition coefficient (Wildman–Crippen LogP) is 3.19. The van der Waals surface area contributed by atoms with Crippen LogP contribution in [0.25, 0.3) is 0 Å². The van der Waals surface area contributed by atoms with Crippen molar-refractivity contribution in [1.82, 2.24) is 0 Å². The first kappa shape index (κ1) is 15.2. The van der Waals surface area contributed by atoms with E-state index in [9.17, 15) is 0 Å². The summed E-state index contributed by atoms with van der Waals surface area (Å²) in [6, 6.07) is 8.32. The number of benzene rings is 1. The fraction of sp³-hybridized carbons (Fsp3) is 0.533. The molecule has 1 aromatic rings. The standard InChI is InChI=1S/C15H23N3O/c1-4-10-19-15-11-13(6-7-14(15)17)18(12(2)3)9-5-8-16/h6-7,11-12H,4-5,9-10,17H2,1-3H3. The first-order chi connectivity index (χ1) is 9.10. The zero-order valence-electron chi connectivity index (χ0n) is 12.0. The molecule has 0 radical (unpaired) electrons. The molecule has 0 bridgehead atoms. The molecular weight excluding hydrogens is 238 g/mol. The van der Waals surface area contributed by atoms with Crippen molar-refractivity contribution in [2.75, 3.05) is 23.8 Å². The number of nitrogen functional groups attached to an aromatic ring is 1. The number of nitriles is 1. The van der Waals surface area contributed by atoms with E-state index in [2.05, 4.69) is 31.7 Å². The zero-order valence-corrected chi connectivity index (χ0v) is 12.0. The van der Waals surface area contributed by atoms with Gasteiger partial charge in [0.2, 0.25) is 0 Å². The second kappa shape index (κ2) is 7.52. The molecule has 0 atom stereocenters. The van der Waals surface area contributed by atoms with Crippen molar-refractivity contribution >= 4 is 11.4 Å². The summed E-state index contributed by atoms with van der Waals surface area (Å²) in [6.07, 6.45) is 1.46. The lowest BCUT2D eigenvalue weighted by atomic mass is 10.2. The molecule has 0 aliphatic rings. The van der Waals surface area contributed by atoms with E-state index < -0.39 is 0 Å². The third-order valence-corrected chi connectivity index (χ3v) is 2.88. The van der Waals surface area contributed by atoms with E-state index in [0.29, 0.717) is 31.3 Å². The smallest absolute Gasteiger partial charge is 0.144 e. The summed E-state index contributed by atoms with van der Waals surface area (Å²) in [5, 5.41) is 8.74. The number of anilines is 2. The molecule has 4 nitrogen and oxygen atoms in total. The van der Waals surface area contributed by atoms with E-state index in [1.165, 1.54) is 0 Å². The molecule has 4 heteroatoms. The fourth-order valence-corrected chi connectivity index (χ4v) is 1.89. The fourth-order valence-electron chi connectivity index (χ4n) is 1.89. The van der Waals surface area contributed by atoms with Crippen molar-refractivity contribution < 1.29 is 4.74 Å². The summed E-state index contributed by atoms with van der Waals surface area (Å²) >= 11 is 0. The normalized spacial score (nSPS) is 10.3. The molecule has 1 aromatic carbocycles. The molecule has 0 heterocycles. The van der Waals surface area contributed by atoms with Crippen molar-refractivity contribution in [3.63, 3.8) is 0 Å². The molecule has 0 amide bonds. The molecule has 0 saturated heterocycles. The third kappa shape index (κ3) is 4.36. The number of hydrogen-bond donors (Lipinski definition) is 1. The first-order valence-corrected chi connectivity index (χ1v) is 6.76. The molecule has 104 valence electrons. The maximum atomic E-state index is 8.74. The Labute approximate surface area is 115 Å². The molecule has 0 aromatic heterocycles. The summed E-state index contributed by atoms with van der Waals surface area (Å²) < 4.78 is 5.64. The topological polar surface area (TPSA) is 62.3 Å². The maximum absolute atomic E-state index is 8.74. The van der Waals surface area contributed by atoms with Gasteiger partial charge in [0.1, 0.15) is 5.75 Å². The molecule has 0 unspecified atom stereocenters. The Bertz CT molecular complexity index is 438. The van der Waals surface area contributed by atoms with Crippen molar-refractivity contribution in [2.24, 2.45) is 0 Å². The van der Waals surface area contributed by atoms with Crippen LogP contribution in [0.1, 0.15) is 33.6 Å². The van der Waals surface area contributed by atoms with Gasteiger partial charge in [0.25, 0.3) is 0 Å². The highest BCUT2D eigenvalue weighted by Gasteiger charge is 2.12. The lowest BCUT2D eigenvalue weighted by Gasteiger charge is -2.28. The van der Waals surface area contributed by atoms with Crippen molar-refractivity contribution in [3.8, 4) is 11.8 Å². The molecule has 0 spiro atoms. The number of nitrogens with two attached hydrogens (primary N) is 1. The minimum atomic E-state index is 0.330. The highest BCUT2D eigenvalue weighted by atomic mass is 16.5. The maximum Gasteiger partial charge on any atom is 0.144 e. The first-order valence-electron chi connectivity index (χ1n) is 6.76. The quantitative estimate of drug-likeness (QED) is 0.766. The Hall–Kier alpha value is -1.89. The predicted molar refractivity (Wildman–Crippen MR) is 79.4 cm³/mol. The van der Waals surface area contributed by atoms with Gasteiger partial charge >= 0.3 is 0 Å². The average molecular weight is 261 g/mol. The highest BCUT2D eigenvalue weighted by Crippen LogP contribution is 2.29. The van der Waals surface area contributed by atoms with Crippen molar-refractivity contribution in [1.29, 1.82) is 5.26 Å². The summed E-state index contributed by atoms with van der Waals surface area (Å²) in [6.45, 7) is 7.66. The number of ether oxygens (including phenoxy) is 1. The van der Waals surface area contributed by atoms with Gasteiger partial charge in [-0.1, -0.05) is 6.92 Å². The van der Waals surface area contributed by atoms with E-state index in [1.54, 1.807) is 0 Å². The Morgan fingerprint density at radius 1 is 1.42 bits per heavy atom. The van der Waals surface area contributed by atoms with Crippen molar-refractivity contribution in [2.45, 2.75) is 39.7 Å². The van der Waals surface area contributed by atoms with E-state index in [0.717, 1.165) is 17.9 Å². The molecule has 0 fully saturated rings. The van der Waals surface area contributed by atoms with Gasteiger partial charge in [-0.3, -0.25) is 0 Å². The van der Waals surface area contributed by atoms with Gasteiger partial charge < -0.3 is 15.4 Å². The van der Waals surface area contributed by atoms with Crippen LogP contribution in [0.5, 0.6) is 5.75 Å². The minimum absolute atomic E-state index is 0.330. The van der Waals surface area contributed by atoms with Gasteiger partial charge in [-0.15, -0.1) is 0 Å². The van der Waals surface area contributed by atoms with E-state index >= 15 is 0 Å². The molecular formula is C15H23N3O. The van der Waals surface area contributed by atoms with E-state index in [4.69, 9.17) is 15.7 Å². The van der Waals surface area contributed by atoms with Crippen LogP contribution in [-0.4, -0.2) is 19.2 Å². The summed E-state index contributed by atoms with van der Waals surface area (Å²) in [5.41, 5.74) is 7.61. The lowest BCUT2D eigenvalue weighted by molar-refractivity contribution is 0.319. The SMILES string of the molecule is CCCOc1cc(N(CCC#N)C(C)C)ccc1N. The Kier molecular flexibility index (Phi) is 6.01. The van der Waals surface area contributed by atoms with Crippen LogP contribution >= 0.6 is 0 Å². The molecule has 0 aliphatic heterocycles. The second-order valence-electron chi connectivity index (χ2n) is 4.77. The lowest BCUT2D eigenvalue weighted by Crippen LogP contribution is -2.31. The molecule has 0 saturated carbocycles. The molecule has 19 heavy (non-hydrogen) atoms. The van der Waals surface area contributed by atoms with Crippen LogP contribution in [0.3, 0.4) is 0 Å². The van der Waals surface area contributed by atoms with E-state index in [1.807, 2.05) is 18.2 Å². The van der Waals surface area contributed by atoms with Crippen LogP contribution in [-0.2, 0) is 0 Å². The monoisotopic (exact) mass is 261 g/mol. The van der Waals surface area contributed by atoms with Gasteiger partial charge in [-0.25, -0.2) is 0 Å². The number of rotatable bonds is 7. The van der Waals surface area contributed by atoms with Gasteiger partial charge in [0, 0.05) is 24.3 Å². The largest absolute Gasteiger partial charge is 0.491 e. The molecule has 0 aliphatic carbocycles. The summed E-state index contributed by atoms with van der Waals surface area (Å²) in [5.74, 6) is 0.724. The van der Waals surface area contributed by atoms with Gasteiger partial charge in [0.05, 0.1) is 24.8 Å². The van der Waals surface area contributed by atoms with Gasteiger partial charge in [0.15, 0.2) is 0 Å². The summed E-state index contributed by atoms with van der Waals surface area (Å²) in [4.78, 5) is 2.18. The van der Waals surface area contributed by atoms with E-state index in [-0.39, 0.29) is 0 Å². The Balaban J connectivity index is 2.93. The Morgan fingerprint density at radius 2 is 2.16 bits per heavy atom. The van der Waals surface area contributed by atoms with Crippen LogP contribution in [0.15, 0.2) is 18.2 Å². The molecule has 1 rings (SSSR count). The van der Waals surface area contributed by atoms with Crippen molar-refractivity contribution in [3.05, 3.63) is 18.2 Å². The summed E-state index contributed by atoms with van der Waals surface area (Å²) in [7, 11) is 0. The van der Waals surface area contributed by atoms with Gasteiger partial charge in [-0.2, -0.15) is 5.26 Å². The molecule has 2 N–H and O–H groups in total. The van der Waals surface area contributed by atoms with Crippen LogP contribution in [0.4, 0.5) is 11.4 Å². The second-order valence-corrected chi connectivity index (χ2v) is 4.77. The number of nitrogens with zero attached hydrogens (tertiary/aromatic N) is 2. The third-order valence-electron chi connectivity index (χ3n) is 2.88. The minimum Gasteiger partial charge on any atom is -0.491 e. The van der Waals surface area contributed by atoms with Gasteiger partial charge in [-0.05, 0) is 32.4 Å².